The molecule has 1 atom stereocenters. The third-order valence-electron chi connectivity index (χ3n) is 1.85. The van der Waals surface area contributed by atoms with E-state index in [9.17, 15) is 9.50 Å². The van der Waals surface area contributed by atoms with E-state index in [1.165, 1.54) is 18.2 Å². The van der Waals surface area contributed by atoms with Gasteiger partial charge in [-0.05, 0) is 31.5 Å². The Bertz CT molecular complexity index is 356. The van der Waals surface area contributed by atoms with E-state index in [0.717, 1.165) is 0 Å². The minimum atomic E-state index is -1.13. The van der Waals surface area contributed by atoms with Gasteiger partial charge in [-0.25, -0.2) is 4.39 Å². The van der Waals surface area contributed by atoms with Gasteiger partial charge in [-0.3, -0.25) is 0 Å². The zero-order valence-corrected chi connectivity index (χ0v) is 10.5. The van der Waals surface area contributed by atoms with Gasteiger partial charge in [-0.2, -0.15) is 0 Å². The van der Waals surface area contributed by atoms with Crippen molar-refractivity contribution in [3.8, 4) is 5.75 Å². The lowest BCUT2D eigenvalue weighted by Crippen LogP contribution is -2.09. The standard InChI is InChI=1S/C11H13Cl2FO2/c1-6(2)16-9-4-7(3-8(14)5-9)10(15)11(12)13/h3-6,10-11,15H,1-2H3. The van der Waals surface area contributed by atoms with Crippen molar-refractivity contribution in [1.82, 2.24) is 0 Å². The summed E-state index contributed by atoms with van der Waals surface area (Å²) in [6, 6.07) is 3.94. The number of aliphatic hydroxyl groups is 1. The molecule has 0 aromatic heterocycles. The van der Waals surface area contributed by atoms with Crippen LogP contribution < -0.4 is 4.74 Å². The molecule has 0 heterocycles. The van der Waals surface area contributed by atoms with E-state index in [4.69, 9.17) is 27.9 Å². The maximum Gasteiger partial charge on any atom is 0.137 e. The van der Waals surface area contributed by atoms with E-state index < -0.39 is 16.8 Å². The highest BCUT2D eigenvalue weighted by Crippen LogP contribution is 2.28. The molecule has 0 amide bonds. The van der Waals surface area contributed by atoms with Crippen LogP contribution in [0.5, 0.6) is 5.75 Å². The van der Waals surface area contributed by atoms with Crippen LogP contribution in [0.1, 0.15) is 25.5 Å². The molecule has 16 heavy (non-hydrogen) atoms. The molecule has 1 aromatic carbocycles. The molecule has 2 nitrogen and oxygen atoms in total. The zero-order valence-electron chi connectivity index (χ0n) is 8.95. The Morgan fingerprint density at radius 3 is 2.38 bits per heavy atom. The summed E-state index contributed by atoms with van der Waals surface area (Å²) in [4.78, 5) is -1.01. The number of hydrogen-bond acceptors (Lipinski definition) is 2. The van der Waals surface area contributed by atoms with Crippen LogP contribution >= 0.6 is 23.2 Å². The van der Waals surface area contributed by atoms with E-state index in [1.54, 1.807) is 0 Å². The normalized spacial score (nSPS) is 13.2. The van der Waals surface area contributed by atoms with Gasteiger partial charge in [0.25, 0.3) is 0 Å². The van der Waals surface area contributed by atoms with Crippen molar-refractivity contribution >= 4 is 23.2 Å². The Morgan fingerprint density at radius 1 is 1.25 bits per heavy atom. The average molecular weight is 267 g/mol. The zero-order chi connectivity index (χ0) is 12.3. The molecular weight excluding hydrogens is 254 g/mol. The van der Waals surface area contributed by atoms with Crippen LogP contribution in [0.15, 0.2) is 18.2 Å². The molecule has 1 unspecified atom stereocenters. The predicted octanol–water partition coefficient (Wildman–Crippen LogP) is 3.45. The van der Waals surface area contributed by atoms with Crippen LogP contribution in [0.25, 0.3) is 0 Å². The molecule has 0 aliphatic carbocycles. The summed E-state index contributed by atoms with van der Waals surface area (Å²) >= 11 is 11.1. The summed E-state index contributed by atoms with van der Waals surface area (Å²) in [6.07, 6.45) is -1.21. The lowest BCUT2D eigenvalue weighted by molar-refractivity contribution is 0.190. The van der Waals surface area contributed by atoms with Crippen molar-refractivity contribution in [1.29, 1.82) is 0 Å². The molecule has 0 fully saturated rings. The number of halogens is 3. The Morgan fingerprint density at radius 2 is 1.88 bits per heavy atom. The largest absolute Gasteiger partial charge is 0.491 e. The van der Waals surface area contributed by atoms with Crippen molar-refractivity contribution in [2.45, 2.75) is 30.9 Å². The van der Waals surface area contributed by atoms with Gasteiger partial charge in [0.05, 0.1) is 6.10 Å². The van der Waals surface area contributed by atoms with Gasteiger partial charge >= 0.3 is 0 Å². The fraction of sp³-hybridized carbons (Fsp3) is 0.455. The fourth-order valence-electron chi connectivity index (χ4n) is 1.24. The molecule has 1 aromatic rings. The van der Waals surface area contributed by atoms with Crippen LogP contribution in [-0.4, -0.2) is 16.0 Å². The number of hydrogen-bond donors (Lipinski definition) is 1. The number of benzene rings is 1. The highest BCUT2D eigenvalue weighted by atomic mass is 35.5. The molecule has 0 saturated heterocycles. The van der Waals surface area contributed by atoms with E-state index >= 15 is 0 Å². The van der Waals surface area contributed by atoms with Crippen molar-refractivity contribution < 1.29 is 14.2 Å². The highest BCUT2D eigenvalue weighted by molar-refractivity contribution is 6.44. The van der Waals surface area contributed by atoms with E-state index in [2.05, 4.69) is 0 Å². The van der Waals surface area contributed by atoms with Crippen molar-refractivity contribution in [2.75, 3.05) is 0 Å². The molecule has 0 saturated carbocycles. The molecule has 5 heteroatoms. The molecular formula is C11H13Cl2FO2. The maximum absolute atomic E-state index is 13.2. The third kappa shape index (κ3) is 3.81. The topological polar surface area (TPSA) is 29.5 Å². The quantitative estimate of drug-likeness (QED) is 0.846. The Balaban J connectivity index is 2.98. The number of ether oxygens (including phenoxy) is 1. The Labute approximate surface area is 104 Å². The molecule has 1 rings (SSSR count). The van der Waals surface area contributed by atoms with E-state index in [-0.39, 0.29) is 6.10 Å². The summed E-state index contributed by atoms with van der Waals surface area (Å²) in [7, 11) is 0. The van der Waals surface area contributed by atoms with E-state index in [1.807, 2.05) is 13.8 Å². The maximum atomic E-state index is 13.2. The first-order chi connectivity index (χ1) is 7.40. The second-order valence-electron chi connectivity index (χ2n) is 3.67. The predicted molar refractivity (Wildman–Crippen MR) is 62.6 cm³/mol. The SMILES string of the molecule is CC(C)Oc1cc(F)cc(C(O)C(Cl)Cl)c1. The fourth-order valence-corrected chi connectivity index (χ4v) is 1.53. The van der Waals surface area contributed by atoms with Gasteiger partial charge in [-0.15, -0.1) is 23.2 Å². The molecule has 0 aliphatic heterocycles. The van der Waals surface area contributed by atoms with Crippen LogP contribution in [0.4, 0.5) is 4.39 Å². The summed E-state index contributed by atoms with van der Waals surface area (Å²) in [5.41, 5.74) is 0.297. The second kappa shape index (κ2) is 5.71. The molecule has 90 valence electrons. The van der Waals surface area contributed by atoms with Crippen LogP contribution in [0.2, 0.25) is 0 Å². The van der Waals surface area contributed by atoms with Gasteiger partial charge in [0.15, 0.2) is 0 Å². The minimum absolute atomic E-state index is 0.0745. The Hall–Kier alpha value is -0.510. The summed E-state index contributed by atoms with van der Waals surface area (Å²) in [5, 5.41) is 9.59. The number of rotatable bonds is 4. The average Bonchev–Trinajstić information content (AvgIpc) is 2.14. The number of alkyl halides is 2. The lowest BCUT2D eigenvalue weighted by Gasteiger charge is -2.15. The molecule has 0 bridgehead atoms. The van der Waals surface area contributed by atoms with Crippen molar-refractivity contribution in [3.63, 3.8) is 0 Å². The Kier molecular flexibility index (Phi) is 4.84. The second-order valence-corrected chi connectivity index (χ2v) is 4.83. The summed E-state index contributed by atoms with van der Waals surface area (Å²) < 4.78 is 18.6. The monoisotopic (exact) mass is 266 g/mol. The van der Waals surface area contributed by atoms with Gasteiger partial charge in [0, 0.05) is 6.07 Å². The first-order valence-electron chi connectivity index (χ1n) is 4.83. The molecule has 0 spiro atoms. The van der Waals surface area contributed by atoms with Gasteiger partial charge in [0.1, 0.15) is 22.5 Å². The van der Waals surface area contributed by atoms with Crippen molar-refractivity contribution in [3.05, 3.63) is 29.6 Å². The summed E-state index contributed by atoms with van der Waals surface area (Å²) in [5.74, 6) is -0.154. The smallest absolute Gasteiger partial charge is 0.137 e. The lowest BCUT2D eigenvalue weighted by atomic mass is 10.1. The molecule has 0 radical (unpaired) electrons. The third-order valence-corrected chi connectivity index (χ3v) is 2.32. The first-order valence-corrected chi connectivity index (χ1v) is 5.71. The van der Waals surface area contributed by atoms with E-state index in [0.29, 0.717) is 11.3 Å². The van der Waals surface area contributed by atoms with Crippen molar-refractivity contribution in [2.24, 2.45) is 0 Å². The van der Waals surface area contributed by atoms with Gasteiger partial charge in [0.2, 0.25) is 0 Å². The molecule has 0 aliphatic rings. The van der Waals surface area contributed by atoms with Crippen LogP contribution in [0.3, 0.4) is 0 Å². The van der Waals surface area contributed by atoms with Gasteiger partial charge < -0.3 is 9.84 Å². The van der Waals surface area contributed by atoms with Crippen LogP contribution in [0, 0.1) is 5.82 Å². The minimum Gasteiger partial charge on any atom is -0.491 e. The first kappa shape index (κ1) is 13.6. The summed E-state index contributed by atoms with van der Waals surface area (Å²) in [6.45, 7) is 3.65. The van der Waals surface area contributed by atoms with Gasteiger partial charge in [-0.1, -0.05) is 0 Å². The van der Waals surface area contributed by atoms with Crippen LogP contribution in [-0.2, 0) is 0 Å². The molecule has 1 N–H and O–H groups in total. The highest BCUT2D eigenvalue weighted by Gasteiger charge is 2.17. The number of aliphatic hydroxyl groups excluding tert-OH is 1.